The molecule has 1 aromatic rings. The minimum Gasteiger partial charge on any atom is -0.466 e. The predicted molar refractivity (Wildman–Crippen MR) is 45.2 cm³/mol. The van der Waals surface area contributed by atoms with Gasteiger partial charge in [0.25, 0.3) is 0 Å². The van der Waals surface area contributed by atoms with Crippen molar-refractivity contribution in [2.75, 3.05) is 6.61 Å². The van der Waals surface area contributed by atoms with Crippen LogP contribution < -0.4 is 0 Å². The van der Waals surface area contributed by atoms with Crippen molar-refractivity contribution < 1.29 is 23.4 Å². The standard InChI is InChI=1S/C9H11FO4/c1-2-13-9(12)7(10)8(11)6-4-3-5-14-6/h3-5,7-8,11H,2H2,1H3/t7-,8+/m0/s1. The molecule has 0 aliphatic carbocycles. The van der Waals surface area contributed by atoms with Crippen LogP contribution in [0.5, 0.6) is 0 Å². The highest BCUT2D eigenvalue weighted by Crippen LogP contribution is 2.20. The van der Waals surface area contributed by atoms with Gasteiger partial charge in [0.2, 0.25) is 6.17 Å². The van der Waals surface area contributed by atoms with Crippen LogP contribution in [0.1, 0.15) is 18.8 Å². The van der Waals surface area contributed by atoms with Gasteiger partial charge in [-0.1, -0.05) is 0 Å². The Labute approximate surface area is 80.3 Å². The van der Waals surface area contributed by atoms with E-state index in [0.29, 0.717) is 0 Å². The maximum absolute atomic E-state index is 13.2. The minimum absolute atomic E-state index is 0.00514. The van der Waals surface area contributed by atoms with Crippen LogP contribution in [0, 0.1) is 0 Å². The number of hydrogen-bond donors (Lipinski definition) is 1. The van der Waals surface area contributed by atoms with E-state index < -0.39 is 18.2 Å². The Bertz CT molecular complexity index is 283. The number of carbonyl (C=O) groups is 1. The van der Waals surface area contributed by atoms with E-state index in [1.165, 1.54) is 18.4 Å². The Kier molecular flexibility index (Phi) is 3.64. The van der Waals surface area contributed by atoms with Crippen molar-refractivity contribution in [3.05, 3.63) is 24.2 Å². The number of aliphatic hydroxyl groups is 1. The van der Waals surface area contributed by atoms with Crippen molar-refractivity contribution in [2.45, 2.75) is 19.2 Å². The van der Waals surface area contributed by atoms with Crippen LogP contribution in [-0.4, -0.2) is 23.9 Å². The smallest absolute Gasteiger partial charge is 0.343 e. The molecule has 0 bridgehead atoms. The van der Waals surface area contributed by atoms with Crippen molar-refractivity contribution >= 4 is 5.97 Å². The molecule has 0 saturated heterocycles. The number of furan rings is 1. The fourth-order valence-electron chi connectivity index (χ4n) is 0.955. The summed E-state index contributed by atoms with van der Waals surface area (Å²) in [5.74, 6) is -1.08. The molecule has 0 saturated carbocycles. The number of carbonyl (C=O) groups excluding carboxylic acids is 1. The number of hydrogen-bond acceptors (Lipinski definition) is 4. The summed E-state index contributed by atoms with van der Waals surface area (Å²) >= 11 is 0. The molecular formula is C9H11FO4. The molecule has 0 fully saturated rings. The predicted octanol–water partition coefficient (Wildman–Crippen LogP) is 1.21. The molecule has 1 N–H and O–H groups in total. The zero-order valence-corrected chi connectivity index (χ0v) is 7.64. The van der Waals surface area contributed by atoms with Crippen molar-refractivity contribution in [2.24, 2.45) is 0 Å². The van der Waals surface area contributed by atoms with Crippen molar-refractivity contribution in [1.29, 1.82) is 0 Å². The molecule has 0 spiro atoms. The van der Waals surface area contributed by atoms with Crippen molar-refractivity contribution in [3.63, 3.8) is 0 Å². The maximum atomic E-state index is 13.2. The van der Waals surface area contributed by atoms with Crippen LogP contribution in [0.4, 0.5) is 4.39 Å². The fourth-order valence-corrected chi connectivity index (χ4v) is 0.955. The lowest BCUT2D eigenvalue weighted by Gasteiger charge is -2.11. The normalized spacial score (nSPS) is 14.8. The quantitative estimate of drug-likeness (QED) is 0.745. The summed E-state index contributed by atoms with van der Waals surface area (Å²) in [7, 11) is 0. The van der Waals surface area contributed by atoms with E-state index in [-0.39, 0.29) is 12.4 Å². The molecule has 4 nitrogen and oxygen atoms in total. The van der Waals surface area contributed by atoms with Gasteiger partial charge in [-0.05, 0) is 19.1 Å². The van der Waals surface area contributed by atoms with Crippen LogP contribution in [0.25, 0.3) is 0 Å². The van der Waals surface area contributed by atoms with Gasteiger partial charge in [-0.3, -0.25) is 0 Å². The van der Waals surface area contributed by atoms with Gasteiger partial charge in [0.1, 0.15) is 5.76 Å². The summed E-state index contributed by atoms with van der Waals surface area (Å²) < 4.78 is 22.3. The first-order chi connectivity index (χ1) is 6.66. The molecule has 0 amide bonds. The third kappa shape index (κ3) is 2.32. The lowest BCUT2D eigenvalue weighted by Crippen LogP contribution is -2.25. The molecule has 78 valence electrons. The molecular weight excluding hydrogens is 191 g/mol. The average Bonchev–Trinajstić information content (AvgIpc) is 2.68. The highest BCUT2D eigenvalue weighted by Gasteiger charge is 2.30. The fraction of sp³-hybridized carbons (Fsp3) is 0.444. The van der Waals surface area contributed by atoms with E-state index in [1.807, 2.05) is 0 Å². The first-order valence-electron chi connectivity index (χ1n) is 4.19. The number of halogens is 1. The number of aliphatic hydroxyl groups excluding tert-OH is 1. The van der Waals surface area contributed by atoms with Gasteiger partial charge >= 0.3 is 5.97 Å². The van der Waals surface area contributed by atoms with E-state index in [4.69, 9.17) is 4.42 Å². The zero-order chi connectivity index (χ0) is 10.6. The lowest BCUT2D eigenvalue weighted by atomic mass is 10.2. The van der Waals surface area contributed by atoms with Crippen LogP contribution in [0.2, 0.25) is 0 Å². The van der Waals surface area contributed by atoms with Gasteiger partial charge in [-0.25, -0.2) is 9.18 Å². The summed E-state index contributed by atoms with van der Waals surface area (Å²) in [6.07, 6.45) is -2.43. The molecule has 0 aliphatic heterocycles. The minimum atomic E-state index is -2.11. The zero-order valence-electron chi connectivity index (χ0n) is 7.64. The first-order valence-corrected chi connectivity index (χ1v) is 4.19. The summed E-state index contributed by atoms with van der Waals surface area (Å²) in [4.78, 5) is 10.9. The first kappa shape index (κ1) is 10.7. The van der Waals surface area contributed by atoms with Gasteiger partial charge in [-0.2, -0.15) is 0 Å². The highest BCUT2D eigenvalue weighted by molar-refractivity contribution is 5.75. The van der Waals surface area contributed by atoms with Crippen molar-refractivity contribution in [3.8, 4) is 0 Å². The number of rotatable bonds is 4. The van der Waals surface area contributed by atoms with Gasteiger partial charge < -0.3 is 14.3 Å². The molecule has 0 aliphatic rings. The van der Waals surface area contributed by atoms with Gasteiger partial charge in [0, 0.05) is 0 Å². The topological polar surface area (TPSA) is 59.7 Å². The third-order valence-corrected chi connectivity index (χ3v) is 1.62. The van der Waals surface area contributed by atoms with E-state index in [1.54, 1.807) is 6.92 Å². The van der Waals surface area contributed by atoms with Crippen molar-refractivity contribution in [1.82, 2.24) is 0 Å². The molecule has 1 aromatic heterocycles. The molecule has 2 atom stereocenters. The van der Waals surface area contributed by atoms with Gasteiger partial charge in [0.15, 0.2) is 6.10 Å². The molecule has 0 radical (unpaired) electrons. The Morgan fingerprint density at radius 3 is 3.00 bits per heavy atom. The Morgan fingerprint density at radius 1 is 1.79 bits per heavy atom. The number of alkyl halides is 1. The largest absolute Gasteiger partial charge is 0.466 e. The van der Waals surface area contributed by atoms with E-state index in [9.17, 15) is 14.3 Å². The second kappa shape index (κ2) is 4.76. The summed E-state index contributed by atoms with van der Waals surface area (Å²) in [5, 5.41) is 9.31. The second-order valence-corrected chi connectivity index (χ2v) is 2.61. The Hall–Kier alpha value is -1.36. The average molecular weight is 202 g/mol. The molecule has 1 rings (SSSR count). The summed E-state index contributed by atoms with van der Waals surface area (Å²) in [5.41, 5.74) is 0. The van der Waals surface area contributed by atoms with Crippen LogP contribution >= 0.6 is 0 Å². The monoisotopic (exact) mass is 202 g/mol. The van der Waals surface area contributed by atoms with E-state index in [2.05, 4.69) is 4.74 Å². The lowest BCUT2D eigenvalue weighted by molar-refractivity contribution is -0.154. The van der Waals surface area contributed by atoms with E-state index in [0.717, 1.165) is 0 Å². The third-order valence-electron chi connectivity index (χ3n) is 1.62. The Balaban J connectivity index is 2.61. The molecule has 0 unspecified atom stereocenters. The van der Waals surface area contributed by atoms with Crippen LogP contribution in [0.15, 0.2) is 22.8 Å². The second-order valence-electron chi connectivity index (χ2n) is 2.61. The van der Waals surface area contributed by atoms with Gasteiger partial charge in [0.05, 0.1) is 12.9 Å². The Morgan fingerprint density at radius 2 is 2.50 bits per heavy atom. The molecule has 5 heteroatoms. The van der Waals surface area contributed by atoms with Crippen LogP contribution in [0.3, 0.4) is 0 Å². The molecule has 0 aromatic carbocycles. The van der Waals surface area contributed by atoms with E-state index >= 15 is 0 Å². The number of esters is 1. The maximum Gasteiger partial charge on any atom is 0.343 e. The van der Waals surface area contributed by atoms with Crippen LogP contribution in [-0.2, 0) is 9.53 Å². The molecule has 1 heterocycles. The highest BCUT2D eigenvalue weighted by atomic mass is 19.1. The summed E-state index contributed by atoms with van der Waals surface area (Å²) in [6, 6.07) is 2.88. The number of ether oxygens (including phenoxy) is 1. The van der Waals surface area contributed by atoms with Gasteiger partial charge in [-0.15, -0.1) is 0 Å². The molecule has 14 heavy (non-hydrogen) atoms. The SMILES string of the molecule is CCOC(=O)[C@@H](F)[C@H](O)c1ccco1. The summed E-state index contributed by atoms with van der Waals surface area (Å²) in [6.45, 7) is 1.63.